The van der Waals surface area contributed by atoms with Crippen LogP contribution in [-0.4, -0.2) is 19.0 Å². The summed E-state index contributed by atoms with van der Waals surface area (Å²) in [5, 5.41) is 5.21. The third-order valence-electron chi connectivity index (χ3n) is 3.50. The second-order valence-corrected chi connectivity index (χ2v) is 6.07. The minimum Gasteiger partial charge on any atom is -0.388 e. The van der Waals surface area contributed by atoms with E-state index in [1.54, 1.807) is 0 Å². The molecule has 1 aromatic rings. The van der Waals surface area contributed by atoms with Crippen molar-refractivity contribution >= 4 is 11.6 Å². The van der Waals surface area contributed by atoms with Crippen molar-refractivity contribution < 1.29 is 18.0 Å². The molecule has 1 unspecified atom stereocenters. The largest absolute Gasteiger partial charge is 0.418 e. The second-order valence-electron chi connectivity index (χ2n) is 6.07. The van der Waals surface area contributed by atoms with E-state index in [0.717, 1.165) is 6.07 Å². The molecule has 0 aliphatic carbocycles. The monoisotopic (exact) mass is 302 g/mol. The van der Waals surface area contributed by atoms with Crippen molar-refractivity contribution in [3.63, 3.8) is 0 Å². The van der Waals surface area contributed by atoms with E-state index in [4.69, 9.17) is 0 Å². The van der Waals surface area contributed by atoms with E-state index < -0.39 is 17.6 Å². The minimum atomic E-state index is -4.51. The molecule has 118 valence electrons. The molecule has 1 aromatic carbocycles. The van der Waals surface area contributed by atoms with Crippen LogP contribution in [-0.2, 0) is 6.18 Å². The van der Waals surface area contributed by atoms with E-state index in [1.807, 2.05) is 27.7 Å². The summed E-state index contributed by atoms with van der Waals surface area (Å²) in [6, 6.07) is 3.35. The molecule has 0 aliphatic heterocycles. The van der Waals surface area contributed by atoms with Gasteiger partial charge in [-0.2, -0.15) is 13.2 Å². The number of hydrogen-bond donors (Lipinski definition) is 2. The molecular formula is C15H21F3N2O. The topological polar surface area (TPSA) is 41.1 Å². The van der Waals surface area contributed by atoms with E-state index >= 15 is 0 Å². The van der Waals surface area contributed by atoms with Crippen LogP contribution in [0, 0.1) is 5.41 Å². The van der Waals surface area contributed by atoms with Gasteiger partial charge in [-0.3, -0.25) is 4.79 Å². The van der Waals surface area contributed by atoms with E-state index in [2.05, 4.69) is 10.6 Å². The number of hydrogen-bond acceptors (Lipinski definition) is 2. The predicted molar refractivity (Wildman–Crippen MR) is 77.4 cm³/mol. The van der Waals surface area contributed by atoms with Crippen molar-refractivity contribution in [1.82, 2.24) is 5.32 Å². The zero-order chi connectivity index (χ0) is 16.4. The standard InChI is InChI=1S/C15H21F3N2O/c1-9(14(2,3)4)20-13(21)10-6-7-12(19-5)11(8-10)15(16,17)18/h6-9,19H,1-5H3,(H,20,21). The van der Waals surface area contributed by atoms with Crippen molar-refractivity contribution in [2.75, 3.05) is 12.4 Å². The smallest absolute Gasteiger partial charge is 0.388 e. The fraction of sp³-hybridized carbons (Fsp3) is 0.533. The van der Waals surface area contributed by atoms with Crippen LogP contribution in [0.15, 0.2) is 18.2 Å². The highest BCUT2D eigenvalue weighted by molar-refractivity contribution is 5.95. The SMILES string of the molecule is CNc1ccc(C(=O)NC(C)C(C)(C)C)cc1C(F)(F)F. The van der Waals surface area contributed by atoms with Gasteiger partial charge in [-0.15, -0.1) is 0 Å². The van der Waals surface area contributed by atoms with Crippen molar-refractivity contribution in [2.45, 2.75) is 39.9 Å². The fourth-order valence-electron chi connectivity index (χ4n) is 1.63. The Labute approximate surface area is 122 Å². The number of rotatable bonds is 3. The second kappa shape index (κ2) is 5.95. The number of halogens is 3. The first kappa shape index (κ1) is 17.3. The summed E-state index contributed by atoms with van der Waals surface area (Å²) < 4.78 is 38.9. The first-order chi connectivity index (χ1) is 9.46. The molecule has 0 aliphatic rings. The summed E-state index contributed by atoms with van der Waals surface area (Å²) in [5.74, 6) is -0.509. The van der Waals surface area contributed by atoms with E-state index in [-0.39, 0.29) is 22.7 Å². The van der Waals surface area contributed by atoms with Gasteiger partial charge in [-0.25, -0.2) is 0 Å². The lowest BCUT2D eigenvalue weighted by Crippen LogP contribution is -2.41. The predicted octanol–water partition coefficient (Wildman–Crippen LogP) is 3.91. The summed E-state index contributed by atoms with van der Waals surface area (Å²) in [7, 11) is 1.41. The Balaban J connectivity index is 3.07. The first-order valence-electron chi connectivity index (χ1n) is 6.66. The summed E-state index contributed by atoms with van der Waals surface area (Å²) in [6.07, 6.45) is -4.51. The fourth-order valence-corrected chi connectivity index (χ4v) is 1.63. The summed E-state index contributed by atoms with van der Waals surface area (Å²) in [6.45, 7) is 7.67. The van der Waals surface area contributed by atoms with E-state index in [0.29, 0.717) is 0 Å². The Morgan fingerprint density at radius 2 is 1.76 bits per heavy atom. The number of nitrogens with one attached hydrogen (secondary N) is 2. The van der Waals surface area contributed by atoms with Crippen LogP contribution >= 0.6 is 0 Å². The number of carbonyl (C=O) groups excluding carboxylic acids is 1. The minimum absolute atomic E-state index is 0.00238. The third-order valence-corrected chi connectivity index (χ3v) is 3.50. The Hall–Kier alpha value is -1.72. The van der Waals surface area contributed by atoms with Gasteiger partial charge in [0.05, 0.1) is 5.56 Å². The van der Waals surface area contributed by atoms with Gasteiger partial charge in [0.1, 0.15) is 0 Å². The number of benzene rings is 1. The van der Waals surface area contributed by atoms with Gasteiger partial charge in [-0.1, -0.05) is 20.8 Å². The zero-order valence-electron chi connectivity index (χ0n) is 12.9. The molecule has 0 bridgehead atoms. The third kappa shape index (κ3) is 4.37. The molecule has 0 fully saturated rings. The Morgan fingerprint density at radius 3 is 2.19 bits per heavy atom. The summed E-state index contributed by atoms with van der Waals surface area (Å²) in [5.41, 5.74) is -1.07. The maximum absolute atomic E-state index is 13.0. The highest BCUT2D eigenvalue weighted by Gasteiger charge is 2.34. The Kier molecular flexibility index (Phi) is 4.91. The molecule has 6 heteroatoms. The highest BCUT2D eigenvalue weighted by atomic mass is 19.4. The zero-order valence-corrected chi connectivity index (χ0v) is 12.9. The Bertz CT molecular complexity index is 519. The lowest BCUT2D eigenvalue weighted by Gasteiger charge is -2.28. The highest BCUT2D eigenvalue weighted by Crippen LogP contribution is 2.35. The van der Waals surface area contributed by atoms with E-state index in [1.165, 1.54) is 19.2 Å². The van der Waals surface area contributed by atoms with Gasteiger partial charge >= 0.3 is 6.18 Å². The lowest BCUT2D eigenvalue weighted by atomic mass is 9.88. The maximum atomic E-state index is 13.0. The molecule has 3 nitrogen and oxygen atoms in total. The van der Waals surface area contributed by atoms with Gasteiger partial charge in [-0.05, 0) is 30.5 Å². The number of alkyl halides is 3. The molecule has 0 aromatic heterocycles. The molecular weight excluding hydrogens is 281 g/mol. The normalized spacial score (nSPS) is 13.7. The average Bonchev–Trinajstić information content (AvgIpc) is 2.35. The van der Waals surface area contributed by atoms with Gasteiger partial charge in [0.2, 0.25) is 0 Å². The van der Waals surface area contributed by atoms with Crippen LogP contribution in [0.2, 0.25) is 0 Å². The van der Waals surface area contributed by atoms with Gasteiger partial charge < -0.3 is 10.6 Å². The first-order valence-corrected chi connectivity index (χ1v) is 6.66. The molecule has 21 heavy (non-hydrogen) atoms. The number of carbonyl (C=O) groups is 1. The van der Waals surface area contributed by atoms with Crippen LogP contribution in [0.4, 0.5) is 18.9 Å². The van der Waals surface area contributed by atoms with Crippen LogP contribution in [0.3, 0.4) is 0 Å². The van der Waals surface area contributed by atoms with Crippen molar-refractivity contribution in [3.8, 4) is 0 Å². The molecule has 0 spiro atoms. The average molecular weight is 302 g/mol. The molecule has 2 N–H and O–H groups in total. The number of anilines is 1. The molecule has 1 rings (SSSR count). The molecule has 0 saturated carbocycles. The van der Waals surface area contributed by atoms with Crippen molar-refractivity contribution in [3.05, 3.63) is 29.3 Å². The Morgan fingerprint density at radius 1 is 1.19 bits per heavy atom. The van der Waals surface area contributed by atoms with Crippen LogP contribution in [0.5, 0.6) is 0 Å². The van der Waals surface area contributed by atoms with Crippen molar-refractivity contribution in [2.24, 2.45) is 5.41 Å². The van der Waals surface area contributed by atoms with Gasteiger partial charge in [0, 0.05) is 24.3 Å². The van der Waals surface area contributed by atoms with Crippen LogP contribution < -0.4 is 10.6 Å². The van der Waals surface area contributed by atoms with E-state index in [9.17, 15) is 18.0 Å². The molecule has 0 saturated heterocycles. The quantitative estimate of drug-likeness (QED) is 0.888. The molecule has 1 amide bonds. The molecule has 1 atom stereocenters. The summed E-state index contributed by atoms with van der Waals surface area (Å²) in [4.78, 5) is 12.1. The lowest BCUT2D eigenvalue weighted by molar-refractivity contribution is -0.136. The van der Waals surface area contributed by atoms with Crippen molar-refractivity contribution in [1.29, 1.82) is 0 Å². The van der Waals surface area contributed by atoms with Crippen LogP contribution in [0.1, 0.15) is 43.6 Å². The van der Waals surface area contributed by atoms with Crippen LogP contribution in [0.25, 0.3) is 0 Å². The molecule has 0 heterocycles. The number of amides is 1. The maximum Gasteiger partial charge on any atom is 0.418 e. The molecule has 0 radical (unpaired) electrons. The van der Waals surface area contributed by atoms with Gasteiger partial charge in [0.25, 0.3) is 5.91 Å². The summed E-state index contributed by atoms with van der Waals surface area (Å²) >= 11 is 0. The van der Waals surface area contributed by atoms with Gasteiger partial charge in [0.15, 0.2) is 0 Å².